The van der Waals surface area contributed by atoms with Gasteiger partial charge in [0.2, 0.25) is 0 Å². The molecule has 3 rings (SSSR count). The quantitative estimate of drug-likeness (QED) is 0.443. The van der Waals surface area contributed by atoms with E-state index in [9.17, 15) is 10.1 Å². The molecule has 21 heavy (non-hydrogen) atoms. The molecule has 0 aliphatic heterocycles. The molecular weight excluding hydrogens is 270 g/mol. The van der Waals surface area contributed by atoms with Crippen molar-refractivity contribution in [2.75, 3.05) is 12.8 Å². The van der Waals surface area contributed by atoms with Gasteiger partial charge in [-0.3, -0.25) is 10.1 Å². The van der Waals surface area contributed by atoms with E-state index in [1.807, 2.05) is 6.92 Å². The third-order valence-corrected chi connectivity index (χ3v) is 3.55. The number of non-ortho nitro benzene ring substituents is 1. The Morgan fingerprint density at radius 3 is 2.71 bits per heavy atom. The Bertz CT molecular complexity index is 890. The lowest BCUT2D eigenvalue weighted by atomic mass is 10.0. The van der Waals surface area contributed by atoms with E-state index in [1.165, 1.54) is 6.07 Å². The monoisotopic (exact) mass is 283 g/mol. The lowest BCUT2D eigenvalue weighted by molar-refractivity contribution is -0.383. The molecule has 0 saturated carbocycles. The van der Waals surface area contributed by atoms with Crippen molar-refractivity contribution in [2.45, 2.75) is 6.92 Å². The molecule has 0 unspecified atom stereocenters. The minimum Gasteiger partial charge on any atom is -0.497 e. The zero-order valence-electron chi connectivity index (χ0n) is 11.6. The molecule has 3 aromatic rings. The maximum Gasteiger partial charge on any atom is 0.280 e. The van der Waals surface area contributed by atoms with E-state index in [1.54, 1.807) is 31.4 Å². The number of aryl methyl sites for hydroxylation is 1. The average molecular weight is 283 g/mol. The zero-order valence-corrected chi connectivity index (χ0v) is 11.6. The van der Waals surface area contributed by atoms with E-state index in [4.69, 9.17) is 10.5 Å². The Balaban J connectivity index is 2.53. The van der Waals surface area contributed by atoms with E-state index in [2.05, 4.69) is 4.98 Å². The summed E-state index contributed by atoms with van der Waals surface area (Å²) in [6, 6.07) is 8.46. The molecule has 0 atom stereocenters. The van der Waals surface area contributed by atoms with Crippen molar-refractivity contribution >= 4 is 33.2 Å². The van der Waals surface area contributed by atoms with Gasteiger partial charge in [-0.1, -0.05) is 6.07 Å². The van der Waals surface area contributed by atoms with Gasteiger partial charge in [-0.25, -0.2) is 4.98 Å². The molecule has 0 amide bonds. The summed E-state index contributed by atoms with van der Waals surface area (Å²) in [4.78, 5) is 15.3. The van der Waals surface area contributed by atoms with E-state index in [0.29, 0.717) is 33.2 Å². The van der Waals surface area contributed by atoms with Crippen molar-refractivity contribution in [3.05, 3.63) is 46.0 Å². The van der Waals surface area contributed by atoms with Crippen LogP contribution in [0.25, 0.3) is 21.8 Å². The second-order valence-electron chi connectivity index (χ2n) is 4.79. The van der Waals surface area contributed by atoms with Gasteiger partial charge in [0.05, 0.1) is 28.8 Å². The zero-order chi connectivity index (χ0) is 15.1. The van der Waals surface area contributed by atoms with Gasteiger partial charge in [0, 0.05) is 11.5 Å². The largest absolute Gasteiger partial charge is 0.497 e. The maximum absolute atomic E-state index is 11.2. The molecule has 0 spiro atoms. The van der Waals surface area contributed by atoms with Crippen molar-refractivity contribution in [1.82, 2.24) is 4.98 Å². The molecule has 106 valence electrons. The molecule has 0 bridgehead atoms. The maximum atomic E-state index is 11.2. The number of hydrogen-bond acceptors (Lipinski definition) is 5. The average Bonchev–Trinajstić information content (AvgIpc) is 2.48. The van der Waals surface area contributed by atoms with Crippen molar-refractivity contribution in [3.8, 4) is 5.75 Å². The fourth-order valence-electron chi connectivity index (χ4n) is 2.46. The first-order valence-electron chi connectivity index (χ1n) is 6.34. The van der Waals surface area contributed by atoms with E-state index >= 15 is 0 Å². The molecule has 1 aromatic heterocycles. The second-order valence-corrected chi connectivity index (χ2v) is 4.79. The van der Waals surface area contributed by atoms with Gasteiger partial charge in [-0.05, 0) is 30.7 Å². The Hall–Kier alpha value is -2.89. The SMILES string of the molecule is COc1ccc2nc3c(C)ccc([N+](=O)[O-])c3c(N)c2c1. The smallest absolute Gasteiger partial charge is 0.280 e. The van der Waals surface area contributed by atoms with Gasteiger partial charge in [-0.2, -0.15) is 0 Å². The number of benzene rings is 2. The van der Waals surface area contributed by atoms with Crippen LogP contribution in [0.3, 0.4) is 0 Å². The van der Waals surface area contributed by atoms with Crippen LogP contribution in [-0.4, -0.2) is 17.0 Å². The van der Waals surface area contributed by atoms with Crippen LogP contribution >= 0.6 is 0 Å². The molecular formula is C15H13N3O3. The highest BCUT2D eigenvalue weighted by Gasteiger charge is 2.19. The van der Waals surface area contributed by atoms with Crippen LogP contribution in [0.2, 0.25) is 0 Å². The summed E-state index contributed by atoms with van der Waals surface area (Å²) in [7, 11) is 1.55. The number of hydrogen-bond donors (Lipinski definition) is 1. The Kier molecular flexibility index (Phi) is 2.86. The first-order valence-corrected chi connectivity index (χ1v) is 6.34. The molecule has 2 N–H and O–H groups in total. The number of nitro groups is 1. The number of nitrogen functional groups attached to an aromatic ring is 1. The summed E-state index contributed by atoms with van der Waals surface area (Å²) in [5.41, 5.74) is 8.59. The van der Waals surface area contributed by atoms with Gasteiger partial charge in [-0.15, -0.1) is 0 Å². The van der Waals surface area contributed by atoms with Crippen molar-refractivity contribution in [3.63, 3.8) is 0 Å². The van der Waals surface area contributed by atoms with Crippen molar-refractivity contribution in [2.24, 2.45) is 0 Å². The highest BCUT2D eigenvalue weighted by atomic mass is 16.6. The lowest BCUT2D eigenvalue weighted by Gasteiger charge is -2.10. The first-order chi connectivity index (χ1) is 10.0. The van der Waals surface area contributed by atoms with Crippen LogP contribution < -0.4 is 10.5 Å². The molecule has 0 aliphatic rings. The minimum atomic E-state index is -0.439. The number of nitrogens with zero attached hydrogens (tertiary/aromatic N) is 2. The molecule has 2 aromatic carbocycles. The highest BCUT2D eigenvalue weighted by molar-refractivity contribution is 6.11. The van der Waals surface area contributed by atoms with Crippen LogP contribution in [-0.2, 0) is 0 Å². The molecule has 6 nitrogen and oxygen atoms in total. The third-order valence-electron chi connectivity index (χ3n) is 3.55. The molecule has 0 saturated heterocycles. The van der Waals surface area contributed by atoms with E-state index in [0.717, 1.165) is 5.56 Å². The number of anilines is 1. The summed E-state index contributed by atoms with van der Waals surface area (Å²) in [6.45, 7) is 1.86. The fraction of sp³-hybridized carbons (Fsp3) is 0.133. The Labute approximate surface area is 120 Å². The van der Waals surface area contributed by atoms with Gasteiger partial charge < -0.3 is 10.5 Å². The second kappa shape index (κ2) is 4.59. The first kappa shape index (κ1) is 13.1. The predicted molar refractivity (Wildman–Crippen MR) is 81.6 cm³/mol. The van der Waals surface area contributed by atoms with Crippen LogP contribution in [0.5, 0.6) is 5.75 Å². The van der Waals surface area contributed by atoms with E-state index in [-0.39, 0.29) is 5.69 Å². The van der Waals surface area contributed by atoms with Crippen LogP contribution in [0.4, 0.5) is 11.4 Å². The summed E-state index contributed by atoms with van der Waals surface area (Å²) < 4.78 is 5.17. The van der Waals surface area contributed by atoms with E-state index < -0.39 is 4.92 Å². The van der Waals surface area contributed by atoms with Gasteiger partial charge in [0.15, 0.2) is 0 Å². The number of methoxy groups -OCH3 is 1. The molecule has 0 aliphatic carbocycles. The normalized spacial score (nSPS) is 11.0. The predicted octanol–water partition coefficient (Wildman–Crippen LogP) is 3.20. The number of rotatable bonds is 2. The van der Waals surface area contributed by atoms with Crippen molar-refractivity contribution in [1.29, 1.82) is 0 Å². The molecule has 0 radical (unpaired) electrons. The van der Waals surface area contributed by atoms with Crippen LogP contribution in [0.1, 0.15) is 5.56 Å². The Morgan fingerprint density at radius 2 is 2.05 bits per heavy atom. The summed E-state index contributed by atoms with van der Waals surface area (Å²) in [5.74, 6) is 0.630. The number of fused-ring (bicyclic) bond motifs is 2. The van der Waals surface area contributed by atoms with Gasteiger partial charge in [0.1, 0.15) is 11.1 Å². The summed E-state index contributed by atoms with van der Waals surface area (Å²) in [6.07, 6.45) is 0. The highest BCUT2D eigenvalue weighted by Crippen LogP contribution is 2.37. The third kappa shape index (κ3) is 1.92. The minimum absolute atomic E-state index is 0.0367. The number of nitro benzene ring substituents is 1. The molecule has 1 heterocycles. The number of nitrogens with two attached hydrogens (primary N) is 1. The number of ether oxygens (including phenoxy) is 1. The van der Waals surface area contributed by atoms with Gasteiger partial charge in [0.25, 0.3) is 5.69 Å². The lowest BCUT2D eigenvalue weighted by Crippen LogP contribution is -1.99. The van der Waals surface area contributed by atoms with Crippen molar-refractivity contribution < 1.29 is 9.66 Å². The van der Waals surface area contributed by atoms with Crippen LogP contribution in [0.15, 0.2) is 30.3 Å². The standard InChI is InChI=1S/C15H13N3O3/c1-8-3-6-12(18(19)20)13-14(16)10-7-9(21-2)4-5-11(10)17-15(8)13/h3-7H,1-2H3,(H2,16,17). The topological polar surface area (TPSA) is 91.3 Å². The van der Waals surface area contributed by atoms with Crippen LogP contribution in [0, 0.1) is 17.0 Å². The number of aromatic nitrogens is 1. The summed E-state index contributed by atoms with van der Waals surface area (Å²) >= 11 is 0. The van der Waals surface area contributed by atoms with Gasteiger partial charge >= 0.3 is 0 Å². The summed E-state index contributed by atoms with van der Waals surface area (Å²) in [5, 5.41) is 12.3. The molecule has 6 heteroatoms. The Morgan fingerprint density at radius 1 is 1.29 bits per heavy atom. The molecule has 0 fully saturated rings. The number of pyridine rings is 1. The fourth-order valence-corrected chi connectivity index (χ4v) is 2.46.